The lowest BCUT2D eigenvalue weighted by atomic mass is 10.2. The van der Waals surface area contributed by atoms with Crippen LogP contribution in [-0.4, -0.2) is 38.7 Å². The molecule has 0 bridgehead atoms. The molecule has 9 heteroatoms. The number of carbonyl (C=O) groups is 3. The van der Waals surface area contributed by atoms with Crippen molar-refractivity contribution in [1.82, 2.24) is 4.90 Å². The van der Waals surface area contributed by atoms with Gasteiger partial charge < -0.3 is 14.3 Å². The van der Waals surface area contributed by atoms with E-state index in [1.54, 1.807) is 42.5 Å². The van der Waals surface area contributed by atoms with Crippen LogP contribution in [0.25, 0.3) is 12.2 Å². The van der Waals surface area contributed by atoms with Crippen LogP contribution in [0.3, 0.4) is 0 Å². The fourth-order valence-electron chi connectivity index (χ4n) is 2.24. The van der Waals surface area contributed by atoms with E-state index in [2.05, 4.69) is 0 Å². The van der Waals surface area contributed by atoms with Crippen LogP contribution >= 0.6 is 24.0 Å². The molecule has 1 aromatic heterocycles. The number of benzene rings is 1. The normalized spacial score (nSPS) is 15.6. The largest absolute Gasteiger partial charge is 0.480 e. The van der Waals surface area contributed by atoms with Crippen molar-refractivity contribution >= 4 is 58.3 Å². The van der Waals surface area contributed by atoms with Gasteiger partial charge in [-0.25, -0.2) is 4.79 Å². The summed E-state index contributed by atoms with van der Waals surface area (Å²) in [6.07, 6.45) is 5.85. The predicted octanol–water partition coefficient (Wildman–Crippen LogP) is 3.18. The predicted molar refractivity (Wildman–Crippen MR) is 107 cm³/mol. The summed E-state index contributed by atoms with van der Waals surface area (Å²) in [5.74, 6) is -1.27. The van der Waals surface area contributed by atoms with Crippen molar-refractivity contribution in [2.45, 2.75) is 0 Å². The monoisotopic (exact) mass is 415 g/mol. The third-order valence-electron chi connectivity index (χ3n) is 3.49. The zero-order chi connectivity index (χ0) is 20.1. The highest BCUT2D eigenvalue weighted by Crippen LogP contribution is 2.32. The van der Waals surface area contributed by atoms with Crippen molar-refractivity contribution in [3.05, 3.63) is 65.0 Å². The second-order valence-corrected chi connectivity index (χ2v) is 7.18. The molecule has 1 N–H and O–H groups in total. The van der Waals surface area contributed by atoms with Crippen LogP contribution in [0, 0.1) is 0 Å². The number of carbonyl (C=O) groups excluding carboxylic acids is 2. The quantitative estimate of drug-likeness (QED) is 0.333. The third-order valence-corrected chi connectivity index (χ3v) is 4.87. The Morgan fingerprint density at radius 1 is 1.25 bits per heavy atom. The van der Waals surface area contributed by atoms with Crippen molar-refractivity contribution in [2.75, 3.05) is 6.54 Å². The molecule has 1 fully saturated rings. The van der Waals surface area contributed by atoms with Crippen LogP contribution in [0.2, 0.25) is 0 Å². The number of thioether (sulfide) groups is 1. The summed E-state index contributed by atoms with van der Waals surface area (Å²) < 4.78 is 10.5. The average molecular weight is 415 g/mol. The summed E-state index contributed by atoms with van der Waals surface area (Å²) in [6, 6.07) is 9.92. The Labute approximate surface area is 169 Å². The van der Waals surface area contributed by atoms with Gasteiger partial charge >= 0.3 is 11.9 Å². The molecule has 1 aliphatic heterocycles. The molecule has 2 aromatic rings. The lowest BCUT2D eigenvalue weighted by molar-refractivity contribution is -0.140. The van der Waals surface area contributed by atoms with Crippen molar-refractivity contribution in [1.29, 1.82) is 0 Å². The van der Waals surface area contributed by atoms with Gasteiger partial charge in [-0.3, -0.25) is 14.5 Å². The molecule has 1 aromatic carbocycles. The lowest BCUT2D eigenvalue weighted by Crippen LogP contribution is -2.33. The number of nitrogens with zero attached hydrogens (tertiary/aromatic N) is 1. The van der Waals surface area contributed by atoms with Crippen molar-refractivity contribution in [3.8, 4) is 5.75 Å². The molecule has 3 rings (SSSR count). The molecular formula is C19H13NO6S2. The summed E-state index contributed by atoms with van der Waals surface area (Å²) in [6.45, 7) is -0.470. The summed E-state index contributed by atoms with van der Waals surface area (Å²) >= 11 is 6.09. The molecule has 1 aliphatic rings. The molecule has 0 saturated carbocycles. The van der Waals surface area contributed by atoms with Crippen molar-refractivity contribution in [2.24, 2.45) is 0 Å². The van der Waals surface area contributed by atoms with E-state index in [4.69, 9.17) is 26.5 Å². The number of ether oxygens (including phenoxy) is 1. The van der Waals surface area contributed by atoms with Gasteiger partial charge in [-0.1, -0.05) is 36.1 Å². The first-order valence-electron chi connectivity index (χ1n) is 7.93. The SMILES string of the molecule is O=C(O)CN1C(=O)/C(=C\c2ccc(OC(=O)/C=C/c3ccco3)cc2)SC1=S. The molecule has 2 heterocycles. The van der Waals surface area contributed by atoms with Gasteiger partial charge in [0.25, 0.3) is 5.91 Å². The van der Waals surface area contributed by atoms with Gasteiger partial charge in [0.15, 0.2) is 0 Å². The van der Waals surface area contributed by atoms with E-state index in [9.17, 15) is 14.4 Å². The van der Waals surface area contributed by atoms with Crippen LogP contribution in [0.1, 0.15) is 11.3 Å². The average Bonchev–Trinajstić information content (AvgIpc) is 3.26. The number of furan rings is 1. The molecule has 28 heavy (non-hydrogen) atoms. The second kappa shape index (κ2) is 8.68. The number of rotatable bonds is 6. The first-order chi connectivity index (χ1) is 13.4. The minimum absolute atomic E-state index is 0.201. The van der Waals surface area contributed by atoms with Crippen molar-refractivity contribution < 1.29 is 28.6 Å². The van der Waals surface area contributed by atoms with Gasteiger partial charge in [-0.05, 0) is 42.0 Å². The van der Waals surface area contributed by atoms with Gasteiger partial charge in [-0.15, -0.1) is 0 Å². The highest BCUT2D eigenvalue weighted by atomic mass is 32.2. The van der Waals surface area contributed by atoms with Crippen LogP contribution in [0.4, 0.5) is 0 Å². The van der Waals surface area contributed by atoms with Crippen molar-refractivity contribution in [3.63, 3.8) is 0 Å². The molecule has 0 aliphatic carbocycles. The maximum absolute atomic E-state index is 12.2. The van der Waals surface area contributed by atoms with E-state index in [0.29, 0.717) is 22.0 Å². The van der Waals surface area contributed by atoms with E-state index < -0.39 is 24.4 Å². The Morgan fingerprint density at radius 2 is 2.00 bits per heavy atom. The van der Waals surface area contributed by atoms with Gasteiger partial charge in [-0.2, -0.15) is 0 Å². The second-order valence-electron chi connectivity index (χ2n) is 5.50. The first-order valence-corrected chi connectivity index (χ1v) is 9.15. The maximum atomic E-state index is 12.2. The fraction of sp³-hybridized carbons (Fsp3) is 0.0526. The van der Waals surface area contributed by atoms with Crippen LogP contribution < -0.4 is 4.74 Å². The van der Waals surface area contributed by atoms with Gasteiger partial charge in [0, 0.05) is 6.08 Å². The number of hydrogen-bond donors (Lipinski definition) is 1. The highest BCUT2D eigenvalue weighted by Gasteiger charge is 2.33. The Bertz CT molecular complexity index is 976. The molecule has 7 nitrogen and oxygen atoms in total. The number of carboxylic acids is 1. The highest BCUT2D eigenvalue weighted by molar-refractivity contribution is 8.26. The summed E-state index contributed by atoms with van der Waals surface area (Å²) in [5, 5.41) is 8.85. The van der Waals surface area contributed by atoms with Crippen LogP contribution in [0.15, 0.2) is 58.1 Å². The van der Waals surface area contributed by atoms with Gasteiger partial charge in [0.2, 0.25) is 0 Å². The Balaban J connectivity index is 1.63. The lowest BCUT2D eigenvalue weighted by Gasteiger charge is -2.10. The maximum Gasteiger partial charge on any atom is 0.336 e. The molecule has 0 unspecified atom stereocenters. The van der Waals surface area contributed by atoms with Gasteiger partial charge in [0.1, 0.15) is 22.4 Å². The van der Waals surface area contributed by atoms with E-state index >= 15 is 0 Å². The van der Waals surface area contributed by atoms with E-state index in [1.165, 1.54) is 18.4 Å². The van der Waals surface area contributed by atoms with E-state index in [-0.39, 0.29) is 4.32 Å². The zero-order valence-electron chi connectivity index (χ0n) is 14.2. The molecule has 1 amide bonds. The summed E-state index contributed by atoms with van der Waals surface area (Å²) in [7, 11) is 0. The number of aliphatic carboxylic acids is 1. The summed E-state index contributed by atoms with van der Waals surface area (Å²) in [4.78, 5) is 36.2. The first kappa shape index (κ1) is 19.6. The molecule has 0 spiro atoms. The Hall–Kier alpha value is -3.17. The standard InChI is InChI=1S/C19H13NO6S2/c21-16(22)11-20-18(24)15(28-19(20)27)10-12-3-5-14(6-4-12)26-17(23)8-7-13-2-1-9-25-13/h1-10H,11H2,(H,21,22)/b8-7+,15-10+. The minimum atomic E-state index is -1.13. The number of esters is 1. The summed E-state index contributed by atoms with van der Waals surface area (Å²) in [5.41, 5.74) is 0.682. The molecule has 0 atom stereocenters. The minimum Gasteiger partial charge on any atom is -0.480 e. The van der Waals surface area contributed by atoms with E-state index in [1.807, 2.05) is 0 Å². The topological polar surface area (TPSA) is 97.0 Å². The molecule has 1 saturated heterocycles. The van der Waals surface area contributed by atoms with Crippen LogP contribution in [0.5, 0.6) is 5.75 Å². The number of carboxylic acid groups (broad SMARTS) is 1. The molecule has 0 radical (unpaired) electrons. The van der Waals surface area contributed by atoms with E-state index in [0.717, 1.165) is 16.7 Å². The Morgan fingerprint density at radius 3 is 2.64 bits per heavy atom. The van der Waals surface area contributed by atoms with Gasteiger partial charge in [0.05, 0.1) is 11.2 Å². The fourth-order valence-corrected chi connectivity index (χ4v) is 3.50. The number of amides is 1. The smallest absolute Gasteiger partial charge is 0.336 e. The molecule has 142 valence electrons. The Kier molecular flexibility index (Phi) is 6.07. The number of thiocarbonyl (C=S) groups is 1. The molecular weight excluding hydrogens is 402 g/mol. The number of hydrogen-bond acceptors (Lipinski definition) is 7. The van der Waals surface area contributed by atoms with Crippen LogP contribution in [-0.2, 0) is 14.4 Å². The third kappa shape index (κ3) is 4.96. The zero-order valence-corrected chi connectivity index (χ0v) is 15.9.